The van der Waals surface area contributed by atoms with Crippen LogP contribution in [0, 0.1) is 26.6 Å². The van der Waals surface area contributed by atoms with E-state index in [0.717, 1.165) is 0 Å². The standard InChI is InChI=1S/C13H12ClFN2O/c1-7-4-5-10(6-11(7)15)18-13-8(2)12(14)16-9(3)17-13/h4-6H,1-3H3. The number of ether oxygens (including phenoxy) is 1. The summed E-state index contributed by atoms with van der Waals surface area (Å²) in [5.74, 6) is 0.918. The Morgan fingerprint density at radius 3 is 2.56 bits per heavy atom. The summed E-state index contributed by atoms with van der Waals surface area (Å²) in [6.07, 6.45) is 0. The maximum Gasteiger partial charge on any atom is 0.226 e. The van der Waals surface area contributed by atoms with Crippen LogP contribution in [-0.2, 0) is 0 Å². The molecular formula is C13H12ClFN2O. The van der Waals surface area contributed by atoms with Crippen LogP contribution in [0.1, 0.15) is 17.0 Å². The number of aryl methyl sites for hydroxylation is 2. The van der Waals surface area contributed by atoms with E-state index in [-0.39, 0.29) is 5.82 Å². The van der Waals surface area contributed by atoms with Gasteiger partial charge in [0.2, 0.25) is 5.88 Å². The first-order chi connectivity index (χ1) is 8.47. The summed E-state index contributed by atoms with van der Waals surface area (Å²) in [4.78, 5) is 8.15. The molecule has 0 saturated carbocycles. The lowest BCUT2D eigenvalue weighted by Gasteiger charge is -2.09. The zero-order valence-corrected chi connectivity index (χ0v) is 11.0. The van der Waals surface area contributed by atoms with Crippen LogP contribution in [0.25, 0.3) is 0 Å². The van der Waals surface area contributed by atoms with Crippen molar-refractivity contribution in [2.45, 2.75) is 20.8 Å². The molecule has 0 fully saturated rings. The van der Waals surface area contributed by atoms with Crippen LogP contribution in [0.2, 0.25) is 5.15 Å². The number of benzene rings is 1. The van der Waals surface area contributed by atoms with Crippen LogP contribution >= 0.6 is 11.6 Å². The van der Waals surface area contributed by atoms with Gasteiger partial charge < -0.3 is 4.74 Å². The molecule has 1 aromatic heterocycles. The molecule has 5 heteroatoms. The van der Waals surface area contributed by atoms with Gasteiger partial charge in [-0.1, -0.05) is 17.7 Å². The molecule has 0 bridgehead atoms. The monoisotopic (exact) mass is 266 g/mol. The zero-order valence-electron chi connectivity index (χ0n) is 10.3. The minimum Gasteiger partial charge on any atom is -0.438 e. The first kappa shape index (κ1) is 12.8. The molecule has 3 nitrogen and oxygen atoms in total. The number of rotatable bonds is 2. The van der Waals surface area contributed by atoms with Crippen molar-refractivity contribution >= 4 is 11.6 Å². The molecule has 1 aromatic carbocycles. The Kier molecular flexibility index (Phi) is 3.48. The lowest BCUT2D eigenvalue weighted by molar-refractivity contribution is 0.450. The molecule has 0 spiro atoms. The van der Waals surface area contributed by atoms with Gasteiger partial charge in [-0.25, -0.2) is 9.37 Å². The van der Waals surface area contributed by atoms with Gasteiger partial charge in [-0.3, -0.25) is 0 Å². The highest BCUT2D eigenvalue weighted by molar-refractivity contribution is 6.30. The van der Waals surface area contributed by atoms with Crippen LogP contribution in [0.4, 0.5) is 4.39 Å². The molecule has 0 aliphatic heterocycles. The van der Waals surface area contributed by atoms with E-state index in [1.165, 1.54) is 6.07 Å². The second-order valence-corrected chi connectivity index (χ2v) is 4.36. The number of hydrogen-bond acceptors (Lipinski definition) is 3. The van der Waals surface area contributed by atoms with Gasteiger partial charge in [0, 0.05) is 11.6 Å². The van der Waals surface area contributed by atoms with Crippen LogP contribution < -0.4 is 4.74 Å². The Bertz CT molecular complexity index is 602. The van der Waals surface area contributed by atoms with Crippen LogP contribution in [-0.4, -0.2) is 9.97 Å². The fourth-order valence-electron chi connectivity index (χ4n) is 1.42. The fourth-order valence-corrected chi connectivity index (χ4v) is 1.62. The lowest BCUT2D eigenvalue weighted by Crippen LogP contribution is -1.98. The quantitative estimate of drug-likeness (QED) is 0.771. The Labute approximate surface area is 110 Å². The second kappa shape index (κ2) is 4.90. The van der Waals surface area contributed by atoms with Crippen molar-refractivity contribution in [1.82, 2.24) is 9.97 Å². The minimum atomic E-state index is -0.318. The third kappa shape index (κ3) is 2.59. The van der Waals surface area contributed by atoms with Gasteiger partial charge in [-0.05, 0) is 32.4 Å². The smallest absolute Gasteiger partial charge is 0.226 e. The first-order valence-corrected chi connectivity index (χ1v) is 5.80. The Balaban J connectivity index is 2.36. The van der Waals surface area contributed by atoms with Gasteiger partial charge in [0.15, 0.2) is 0 Å². The summed E-state index contributed by atoms with van der Waals surface area (Å²) in [6, 6.07) is 4.65. The van der Waals surface area contributed by atoms with Gasteiger partial charge in [-0.2, -0.15) is 4.98 Å². The number of aromatic nitrogens is 2. The van der Waals surface area contributed by atoms with Crippen molar-refractivity contribution in [2.24, 2.45) is 0 Å². The predicted molar refractivity (Wildman–Crippen MR) is 67.7 cm³/mol. The maximum absolute atomic E-state index is 13.4. The third-order valence-corrected chi connectivity index (χ3v) is 2.88. The van der Waals surface area contributed by atoms with E-state index in [0.29, 0.717) is 33.7 Å². The van der Waals surface area contributed by atoms with E-state index < -0.39 is 0 Å². The second-order valence-electron chi connectivity index (χ2n) is 4.00. The summed E-state index contributed by atoms with van der Waals surface area (Å²) in [5, 5.41) is 0.338. The highest BCUT2D eigenvalue weighted by Gasteiger charge is 2.10. The molecule has 0 atom stereocenters. The van der Waals surface area contributed by atoms with E-state index >= 15 is 0 Å². The predicted octanol–water partition coefficient (Wildman–Crippen LogP) is 3.99. The average molecular weight is 267 g/mol. The van der Waals surface area contributed by atoms with Crippen molar-refractivity contribution in [1.29, 1.82) is 0 Å². The minimum absolute atomic E-state index is 0.318. The largest absolute Gasteiger partial charge is 0.438 e. The van der Waals surface area contributed by atoms with Crippen LogP contribution in [0.15, 0.2) is 18.2 Å². The number of halogens is 2. The van der Waals surface area contributed by atoms with E-state index in [1.807, 2.05) is 0 Å². The topological polar surface area (TPSA) is 35.0 Å². The summed E-state index contributed by atoms with van der Waals surface area (Å²) in [6.45, 7) is 5.16. The lowest BCUT2D eigenvalue weighted by atomic mass is 10.2. The van der Waals surface area contributed by atoms with Gasteiger partial charge in [0.25, 0.3) is 0 Å². The summed E-state index contributed by atoms with van der Waals surface area (Å²) >= 11 is 5.94. The van der Waals surface area contributed by atoms with Gasteiger partial charge in [0.05, 0.1) is 0 Å². The highest BCUT2D eigenvalue weighted by atomic mass is 35.5. The van der Waals surface area contributed by atoms with E-state index in [4.69, 9.17) is 16.3 Å². The van der Waals surface area contributed by atoms with Gasteiger partial charge >= 0.3 is 0 Å². The molecule has 1 heterocycles. The SMILES string of the molecule is Cc1nc(Cl)c(C)c(Oc2ccc(C)c(F)c2)n1. The maximum atomic E-state index is 13.4. The Hall–Kier alpha value is -1.68. The molecule has 0 aliphatic carbocycles. The normalized spacial score (nSPS) is 10.5. The molecule has 0 N–H and O–H groups in total. The van der Waals surface area contributed by atoms with E-state index in [9.17, 15) is 4.39 Å². The Morgan fingerprint density at radius 2 is 1.89 bits per heavy atom. The van der Waals surface area contributed by atoms with E-state index in [2.05, 4.69) is 9.97 Å². The van der Waals surface area contributed by atoms with Crippen LogP contribution in [0.3, 0.4) is 0 Å². The van der Waals surface area contributed by atoms with E-state index in [1.54, 1.807) is 32.9 Å². The van der Waals surface area contributed by atoms with Crippen LogP contribution in [0.5, 0.6) is 11.6 Å². The van der Waals surface area contributed by atoms with Crippen molar-refractivity contribution in [2.75, 3.05) is 0 Å². The molecular weight excluding hydrogens is 255 g/mol. The highest BCUT2D eigenvalue weighted by Crippen LogP contribution is 2.27. The molecule has 2 rings (SSSR count). The molecule has 0 amide bonds. The summed E-state index contributed by atoms with van der Waals surface area (Å²) < 4.78 is 18.9. The summed E-state index contributed by atoms with van der Waals surface area (Å²) in [5.41, 5.74) is 1.19. The van der Waals surface area contributed by atoms with Crippen molar-refractivity contribution in [3.8, 4) is 11.6 Å². The first-order valence-electron chi connectivity index (χ1n) is 5.42. The fraction of sp³-hybridized carbons (Fsp3) is 0.231. The Morgan fingerprint density at radius 1 is 1.17 bits per heavy atom. The van der Waals surface area contributed by atoms with Gasteiger partial charge in [-0.15, -0.1) is 0 Å². The number of hydrogen-bond donors (Lipinski definition) is 0. The number of nitrogens with zero attached hydrogens (tertiary/aromatic N) is 2. The zero-order chi connectivity index (χ0) is 13.3. The molecule has 18 heavy (non-hydrogen) atoms. The molecule has 0 aliphatic rings. The average Bonchev–Trinajstić information content (AvgIpc) is 2.30. The molecule has 2 aromatic rings. The molecule has 94 valence electrons. The van der Waals surface area contributed by atoms with Crippen molar-refractivity contribution in [3.05, 3.63) is 46.1 Å². The summed E-state index contributed by atoms with van der Waals surface area (Å²) in [7, 11) is 0. The molecule has 0 radical (unpaired) electrons. The molecule has 0 saturated heterocycles. The van der Waals surface area contributed by atoms with Crippen molar-refractivity contribution in [3.63, 3.8) is 0 Å². The van der Waals surface area contributed by atoms with Gasteiger partial charge in [0.1, 0.15) is 22.5 Å². The van der Waals surface area contributed by atoms with Crippen molar-refractivity contribution < 1.29 is 9.13 Å². The molecule has 0 unspecified atom stereocenters. The third-order valence-electron chi connectivity index (χ3n) is 2.51.